The van der Waals surface area contributed by atoms with Gasteiger partial charge in [0.25, 0.3) is 0 Å². The Morgan fingerprint density at radius 1 is 1.55 bits per heavy atom. The molecule has 0 radical (unpaired) electrons. The van der Waals surface area contributed by atoms with E-state index in [2.05, 4.69) is 13.8 Å². The molecule has 2 atom stereocenters. The van der Waals surface area contributed by atoms with Crippen LogP contribution in [0.1, 0.15) is 20.8 Å². The minimum absolute atomic E-state index is 0.134. The molecule has 0 aromatic carbocycles. The Morgan fingerprint density at radius 3 is 2.55 bits per heavy atom. The zero-order valence-electron chi connectivity index (χ0n) is 7.33. The maximum Gasteiger partial charge on any atom is 0.186 e. The Bertz CT molecular complexity index is 121. The van der Waals surface area contributed by atoms with Crippen LogP contribution in [0.15, 0.2) is 0 Å². The summed E-state index contributed by atoms with van der Waals surface area (Å²) in [5.41, 5.74) is 0. The Balaban J connectivity index is 2.36. The fourth-order valence-electron chi connectivity index (χ4n) is 0.998. The van der Waals surface area contributed by atoms with Crippen LogP contribution in [-0.2, 0) is 9.47 Å². The average Bonchev–Trinajstić information content (AvgIpc) is 1.86. The highest BCUT2D eigenvalue weighted by Gasteiger charge is 2.31. The topological polar surface area (TPSA) is 38.7 Å². The number of rotatable bonds is 1. The van der Waals surface area contributed by atoms with Crippen LogP contribution in [0.25, 0.3) is 0 Å². The molecular weight excluding hydrogens is 144 g/mol. The lowest BCUT2D eigenvalue weighted by Crippen LogP contribution is -2.46. The lowest BCUT2D eigenvalue weighted by Gasteiger charge is -2.35. The lowest BCUT2D eigenvalue weighted by atomic mass is 10.1. The van der Waals surface area contributed by atoms with Crippen molar-refractivity contribution in [3.63, 3.8) is 0 Å². The zero-order chi connectivity index (χ0) is 8.48. The van der Waals surface area contributed by atoms with Gasteiger partial charge in [0.05, 0.1) is 12.7 Å². The van der Waals surface area contributed by atoms with E-state index in [1.165, 1.54) is 0 Å². The highest BCUT2D eigenvalue weighted by molar-refractivity contribution is 4.71. The molecule has 0 spiro atoms. The molecule has 66 valence electrons. The van der Waals surface area contributed by atoms with Crippen molar-refractivity contribution >= 4 is 0 Å². The predicted molar refractivity (Wildman–Crippen MR) is 41.2 cm³/mol. The van der Waals surface area contributed by atoms with Crippen LogP contribution < -0.4 is 0 Å². The van der Waals surface area contributed by atoms with Gasteiger partial charge in [-0.1, -0.05) is 13.8 Å². The van der Waals surface area contributed by atoms with Crippen molar-refractivity contribution in [3.05, 3.63) is 0 Å². The first-order valence-electron chi connectivity index (χ1n) is 3.99. The van der Waals surface area contributed by atoms with Gasteiger partial charge in [0.1, 0.15) is 6.61 Å². The third-order valence-electron chi connectivity index (χ3n) is 1.87. The smallest absolute Gasteiger partial charge is 0.186 e. The average molecular weight is 160 g/mol. The second-order valence-electron chi connectivity index (χ2n) is 3.58. The summed E-state index contributed by atoms with van der Waals surface area (Å²) >= 11 is 0. The Morgan fingerprint density at radius 2 is 2.18 bits per heavy atom. The molecule has 11 heavy (non-hydrogen) atoms. The zero-order valence-corrected chi connectivity index (χ0v) is 7.33. The molecule has 1 heterocycles. The standard InChI is InChI=1S/C8H16O3/c1-6(2)7-4-11-8(3,9)5-10-7/h6-7,9H,4-5H2,1-3H3. The summed E-state index contributed by atoms with van der Waals surface area (Å²) < 4.78 is 10.5. The summed E-state index contributed by atoms with van der Waals surface area (Å²) in [5.74, 6) is -0.628. The van der Waals surface area contributed by atoms with Gasteiger partial charge in [0.15, 0.2) is 5.79 Å². The number of ether oxygens (including phenoxy) is 2. The third kappa shape index (κ3) is 2.43. The molecule has 1 aliphatic heterocycles. The molecule has 0 aromatic heterocycles. The van der Waals surface area contributed by atoms with Crippen molar-refractivity contribution in [2.75, 3.05) is 13.2 Å². The van der Waals surface area contributed by atoms with Crippen molar-refractivity contribution in [3.8, 4) is 0 Å². The summed E-state index contributed by atoms with van der Waals surface area (Å²) in [6.07, 6.45) is 0.134. The molecule has 2 unspecified atom stereocenters. The van der Waals surface area contributed by atoms with E-state index in [0.717, 1.165) is 0 Å². The minimum Gasteiger partial charge on any atom is -0.370 e. The largest absolute Gasteiger partial charge is 0.370 e. The molecule has 1 saturated heterocycles. The van der Waals surface area contributed by atoms with Crippen LogP contribution in [0.5, 0.6) is 0 Å². The van der Waals surface area contributed by atoms with Gasteiger partial charge in [0.2, 0.25) is 0 Å². The first-order valence-corrected chi connectivity index (χ1v) is 3.99. The molecule has 0 aromatic rings. The van der Waals surface area contributed by atoms with Gasteiger partial charge < -0.3 is 14.6 Å². The molecular formula is C8H16O3. The van der Waals surface area contributed by atoms with E-state index < -0.39 is 5.79 Å². The highest BCUT2D eigenvalue weighted by atomic mass is 16.7. The van der Waals surface area contributed by atoms with Gasteiger partial charge in [-0.3, -0.25) is 0 Å². The highest BCUT2D eigenvalue weighted by Crippen LogP contribution is 2.19. The van der Waals surface area contributed by atoms with Crippen LogP contribution >= 0.6 is 0 Å². The fourth-order valence-corrected chi connectivity index (χ4v) is 0.998. The quantitative estimate of drug-likeness (QED) is 0.615. The van der Waals surface area contributed by atoms with Crippen LogP contribution in [0, 0.1) is 5.92 Å². The third-order valence-corrected chi connectivity index (χ3v) is 1.87. The van der Waals surface area contributed by atoms with E-state index >= 15 is 0 Å². The molecule has 0 bridgehead atoms. The van der Waals surface area contributed by atoms with E-state index in [9.17, 15) is 5.11 Å². The van der Waals surface area contributed by atoms with Crippen LogP contribution in [-0.4, -0.2) is 30.2 Å². The van der Waals surface area contributed by atoms with E-state index in [1.54, 1.807) is 6.92 Å². The molecule has 1 aliphatic rings. The first-order chi connectivity index (χ1) is 5.01. The van der Waals surface area contributed by atoms with E-state index in [0.29, 0.717) is 12.5 Å². The fraction of sp³-hybridized carbons (Fsp3) is 1.00. The van der Waals surface area contributed by atoms with Crippen molar-refractivity contribution in [2.45, 2.75) is 32.7 Å². The van der Waals surface area contributed by atoms with Crippen LogP contribution in [0.4, 0.5) is 0 Å². The molecule has 0 saturated carbocycles. The SMILES string of the molecule is CC(C)C1COC(C)(O)CO1. The van der Waals surface area contributed by atoms with Crippen molar-refractivity contribution in [1.29, 1.82) is 0 Å². The van der Waals surface area contributed by atoms with E-state index in [4.69, 9.17) is 9.47 Å². The Kier molecular flexibility index (Phi) is 2.52. The maximum absolute atomic E-state index is 9.33. The van der Waals surface area contributed by atoms with E-state index in [-0.39, 0.29) is 12.7 Å². The van der Waals surface area contributed by atoms with Gasteiger partial charge in [-0.25, -0.2) is 0 Å². The Hall–Kier alpha value is -0.120. The van der Waals surface area contributed by atoms with Gasteiger partial charge in [-0.15, -0.1) is 0 Å². The summed E-state index contributed by atoms with van der Waals surface area (Å²) in [4.78, 5) is 0. The van der Waals surface area contributed by atoms with E-state index in [1.807, 2.05) is 0 Å². The monoisotopic (exact) mass is 160 g/mol. The first kappa shape index (κ1) is 8.97. The van der Waals surface area contributed by atoms with Crippen molar-refractivity contribution < 1.29 is 14.6 Å². The van der Waals surface area contributed by atoms with Crippen LogP contribution in [0.2, 0.25) is 0 Å². The normalized spacial score (nSPS) is 39.5. The summed E-state index contributed by atoms with van der Waals surface area (Å²) in [5, 5.41) is 9.33. The second kappa shape index (κ2) is 3.09. The molecule has 1 N–H and O–H groups in total. The van der Waals surface area contributed by atoms with Gasteiger partial charge in [-0.2, -0.15) is 0 Å². The minimum atomic E-state index is -1.08. The summed E-state index contributed by atoms with van der Waals surface area (Å²) in [6, 6.07) is 0. The summed E-state index contributed by atoms with van der Waals surface area (Å²) in [6.45, 7) is 6.53. The van der Waals surface area contributed by atoms with Crippen molar-refractivity contribution in [2.24, 2.45) is 5.92 Å². The molecule has 3 heteroatoms. The van der Waals surface area contributed by atoms with Gasteiger partial charge >= 0.3 is 0 Å². The number of hydrogen-bond acceptors (Lipinski definition) is 3. The molecule has 1 fully saturated rings. The predicted octanol–water partition coefficient (Wildman–Crippen LogP) is 0.766. The van der Waals surface area contributed by atoms with Crippen molar-refractivity contribution in [1.82, 2.24) is 0 Å². The molecule has 3 nitrogen and oxygen atoms in total. The lowest BCUT2D eigenvalue weighted by molar-refractivity contribution is -0.283. The second-order valence-corrected chi connectivity index (χ2v) is 3.58. The Labute approximate surface area is 67.3 Å². The maximum atomic E-state index is 9.33. The molecule has 0 amide bonds. The van der Waals surface area contributed by atoms with Crippen LogP contribution in [0.3, 0.4) is 0 Å². The number of hydrogen-bond donors (Lipinski definition) is 1. The van der Waals surface area contributed by atoms with Gasteiger partial charge in [0, 0.05) is 0 Å². The number of aliphatic hydroxyl groups is 1. The van der Waals surface area contributed by atoms with Gasteiger partial charge in [-0.05, 0) is 12.8 Å². The molecule has 0 aliphatic carbocycles. The summed E-state index contributed by atoms with van der Waals surface area (Å²) in [7, 11) is 0. The molecule has 1 rings (SSSR count).